The van der Waals surface area contributed by atoms with E-state index in [9.17, 15) is 14.4 Å². The molecular formula is C29H27N5O3. The maximum absolute atomic E-state index is 12.5. The molecule has 3 amide bonds. The van der Waals surface area contributed by atoms with Crippen molar-refractivity contribution in [2.24, 2.45) is 5.73 Å². The molecule has 0 aliphatic carbocycles. The van der Waals surface area contributed by atoms with Crippen LogP contribution in [-0.4, -0.2) is 34.0 Å². The lowest BCUT2D eigenvalue weighted by atomic mass is 10.1. The molecule has 4 N–H and O–H groups in total. The average molecular weight is 494 g/mol. The second-order valence-corrected chi connectivity index (χ2v) is 8.38. The number of hydrogen-bond donors (Lipinski definition) is 3. The first-order valence-corrected chi connectivity index (χ1v) is 11.8. The zero-order chi connectivity index (χ0) is 26.0. The van der Waals surface area contributed by atoms with Gasteiger partial charge in [-0.3, -0.25) is 19.1 Å². The Kier molecular flexibility index (Phi) is 8.23. The fraction of sp³-hybridized carbons (Fsp3) is 0.103. The van der Waals surface area contributed by atoms with E-state index in [0.717, 1.165) is 27.9 Å². The van der Waals surface area contributed by atoms with E-state index in [4.69, 9.17) is 10.8 Å². The third kappa shape index (κ3) is 7.25. The Hall–Kier alpha value is -4.98. The van der Waals surface area contributed by atoms with Crippen LogP contribution in [0.2, 0.25) is 0 Å². The monoisotopic (exact) mass is 493 g/mol. The summed E-state index contributed by atoms with van der Waals surface area (Å²) in [7, 11) is 0. The van der Waals surface area contributed by atoms with Gasteiger partial charge in [0.2, 0.25) is 11.8 Å². The van der Waals surface area contributed by atoms with Gasteiger partial charge < -0.3 is 16.4 Å². The van der Waals surface area contributed by atoms with Crippen LogP contribution in [0.3, 0.4) is 0 Å². The molecular weight excluding hydrogens is 466 g/mol. The first-order valence-electron chi connectivity index (χ1n) is 11.8. The van der Waals surface area contributed by atoms with E-state index >= 15 is 0 Å². The Balaban J connectivity index is 1.40. The molecule has 0 atom stereocenters. The minimum absolute atomic E-state index is 0.222. The van der Waals surface area contributed by atoms with Crippen molar-refractivity contribution in [3.63, 3.8) is 0 Å². The van der Waals surface area contributed by atoms with E-state index in [1.165, 1.54) is 6.08 Å². The zero-order valence-corrected chi connectivity index (χ0v) is 20.1. The van der Waals surface area contributed by atoms with Gasteiger partial charge in [-0.15, -0.1) is 0 Å². The molecule has 0 radical (unpaired) electrons. The van der Waals surface area contributed by atoms with Gasteiger partial charge in [-0.2, -0.15) is 5.10 Å². The van der Waals surface area contributed by atoms with Crippen molar-refractivity contribution in [3.8, 4) is 11.3 Å². The highest BCUT2D eigenvalue weighted by Crippen LogP contribution is 2.23. The fourth-order valence-corrected chi connectivity index (χ4v) is 3.69. The zero-order valence-electron chi connectivity index (χ0n) is 20.1. The van der Waals surface area contributed by atoms with Crippen LogP contribution in [-0.2, 0) is 22.7 Å². The summed E-state index contributed by atoms with van der Waals surface area (Å²) in [5.74, 6) is -1.25. The summed E-state index contributed by atoms with van der Waals surface area (Å²) in [4.78, 5) is 35.3. The molecule has 8 nitrogen and oxygen atoms in total. The largest absolute Gasteiger partial charge is 0.368 e. The van der Waals surface area contributed by atoms with Gasteiger partial charge in [0.25, 0.3) is 5.91 Å². The van der Waals surface area contributed by atoms with Gasteiger partial charge in [-0.25, -0.2) is 0 Å². The van der Waals surface area contributed by atoms with Crippen molar-refractivity contribution < 1.29 is 14.4 Å². The minimum Gasteiger partial charge on any atom is -0.368 e. The smallest absolute Gasteiger partial charge is 0.251 e. The average Bonchev–Trinajstić information content (AvgIpc) is 3.33. The van der Waals surface area contributed by atoms with Crippen LogP contribution in [0, 0.1) is 0 Å². The lowest BCUT2D eigenvalue weighted by Gasteiger charge is -2.05. The number of nitrogens with one attached hydrogen (secondary N) is 2. The van der Waals surface area contributed by atoms with Crippen LogP contribution in [0.15, 0.2) is 97.2 Å². The van der Waals surface area contributed by atoms with Crippen molar-refractivity contribution in [1.82, 2.24) is 20.4 Å². The Morgan fingerprint density at radius 3 is 2.19 bits per heavy atom. The summed E-state index contributed by atoms with van der Waals surface area (Å²) in [6, 6.07) is 26.6. The van der Waals surface area contributed by atoms with Crippen LogP contribution in [0.4, 0.5) is 0 Å². The number of amides is 3. The number of carbonyl (C=O) groups excluding carboxylic acids is 3. The van der Waals surface area contributed by atoms with Crippen LogP contribution in [0.25, 0.3) is 17.3 Å². The maximum atomic E-state index is 12.5. The molecule has 1 aromatic heterocycles. The molecule has 1 heterocycles. The molecule has 186 valence electrons. The van der Waals surface area contributed by atoms with Gasteiger partial charge >= 0.3 is 0 Å². The molecule has 4 aromatic rings. The summed E-state index contributed by atoms with van der Waals surface area (Å²) in [6.45, 7) is 0.697. The normalized spacial score (nSPS) is 10.8. The molecule has 0 spiro atoms. The SMILES string of the molecule is NC(=O)CNC(=O)c1ccc(CNC(=O)/C=C/c2cn(Cc3ccccc3)nc2-c2ccccc2)cc1. The van der Waals surface area contributed by atoms with Gasteiger partial charge in [0.1, 0.15) is 0 Å². The van der Waals surface area contributed by atoms with E-state index in [1.54, 1.807) is 30.3 Å². The highest BCUT2D eigenvalue weighted by Gasteiger charge is 2.10. The van der Waals surface area contributed by atoms with Crippen molar-refractivity contribution in [2.45, 2.75) is 13.1 Å². The molecule has 0 aliphatic rings. The number of rotatable bonds is 10. The van der Waals surface area contributed by atoms with Gasteiger partial charge in [0.15, 0.2) is 0 Å². The number of nitrogens with zero attached hydrogens (tertiary/aromatic N) is 2. The van der Waals surface area contributed by atoms with Gasteiger partial charge in [-0.05, 0) is 29.3 Å². The number of benzene rings is 3. The van der Waals surface area contributed by atoms with Crippen molar-refractivity contribution >= 4 is 23.8 Å². The maximum Gasteiger partial charge on any atom is 0.251 e. The fourth-order valence-electron chi connectivity index (χ4n) is 3.69. The number of nitrogens with two attached hydrogens (primary N) is 1. The molecule has 0 saturated heterocycles. The lowest BCUT2D eigenvalue weighted by molar-refractivity contribution is -0.117. The quantitative estimate of drug-likeness (QED) is 0.294. The van der Waals surface area contributed by atoms with Gasteiger partial charge in [-0.1, -0.05) is 72.8 Å². The minimum atomic E-state index is -0.611. The van der Waals surface area contributed by atoms with Gasteiger partial charge in [0, 0.05) is 35.5 Å². The Morgan fingerprint density at radius 2 is 1.51 bits per heavy atom. The molecule has 0 aliphatic heterocycles. The van der Waals surface area contributed by atoms with Crippen LogP contribution < -0.4 is 16.4 Å². The van der Waals surface area contributed by atoms with E-state index in [1.807, 2.05) is 71.5 Å². The van der Waals surface area contributed by atoms with Crippen molar-refractivity contribution in [1.29, 1.82) is 0 Å². The predicted molar refractivity (Wildman–Crippen MR) is 142 cm³/mol. The summed E-state index contributed by atoms with van der Waals surface area (Å²) < 4.78 is 1.87. The van der Waals surface area contributed by atoms with Crippen LogP contribution >= 0.6 is 0 Å². The third-order valence-corrected chi connectivity index (χ3v) is 5.54. The molecule has 0 unspecified atom stereocenters. The van der Waals surface area contributed by atoms with Gasteiger partial charge in [0.05, 0.1) is 18.8 Å². The molecule has 0 bridgehead atoms. The second-order valence-electron chi connectivity index (χ2n) is 8.38. The van der Waals surface area contributed by atoms with E-state index < -0.39 is 5.91 Å². The third-order valence-electron chi connectivity index (χ3n) is 5.54. The first kappa shape index (κ1) is 25.1. The standard InChI is InChI=1S/C29H27N5O3/c30-26(35)18-32-29(37)24-13-11-21(12-14-24)17-31-27(36)16-15-25-20-34(19-22-7-3-1-4-8-22)33-28(25)23-9-5-2-6-10-23/h1-16,20H,17-19H2,(H2,30,35)(H,31,36)(H,32,37)/b16-15+. The summed E-state index contributed by atoms with van der Waals surface area (Å²) in [5.41, 5.74) is 10.0. The second kappa shape index (κ2) is 12.1. The summed E-state index contributed by atoms with van der Waals surface area (Å²) in [5, 5.41) is 10.0. The molecule has 8 heteroatoms. The summed E-state index contributed by atoms with van der Waals surface area (Å²) in [6.07, 6.45) is 5.18. The Labute approximate surface area is 214 Å². The Morgan fingerprint density at radius 1 is 0.838 bits per heavy atom. The number of hydrogen-bond acceptors (Lipinski definition) is 4. The number of aromatic nitrogens is 2. The molecule has 0 fully saturated rings. The topological polar surface area (TPSA) is 119 Å². The first-order chi connectivity index (χ1) is 18.0. The highest BCUT2D eigenvalue weighted by atomic mass is 16.2. The molecule has 4 rings (SSSR count). The Bertz CT molecular complexity index is 1390. The summed E-state index contributed by atoms with van der Waals surface area (Å²) >= 11 is 0. The van der Waals surface area contributed by atoms with E-state index in [0.29, 0.717) is 18.7 Å². The highest BCUT2D eigenvalue weighted by molar-refractivity contribution is 5.96. The van der Waals surface area contributed by atoms with Crippen molar-refractivity contribution in [3.05, 3.63) is 119 Å². The molecule has 37 heavy (non-hydrogen) atoms. The number of carbonyl (C=O) groups is 3. The van der Waals surface area contributed by atoms with Crippen LogP contribution in [0.1, 0.15) is 27.0 Å². The van der Waals surface area contributed by atoms with E-state index in [-0.39, 0.29) is 18.4 Å². The molecule has 0 saturated carbocycles. The number of primary amides is 1. The lowest BCUT2D eigenvalue weighted by Crippen LogP contribution is -2.33. The van der Waals surface area contributed by atoms with E-state index in [2.05, 4.69) is 10.6 Å². The molecule has 3 aromatic carbocycles. The van der Waals surface area contributed by atoms with Crippen LogP contribution in [0.5, 0.6) is 0 Å². The predicted octanol–water partition coefficient (Wildman–Crippen LogP) is 3.14. The van der Waals surface area contributed by atoms with Crippen molar-refractivity contribution in [2.75, 3.05) is 6.54 Å².